The smallest absolute Gasteiger partial charge is 0.215 e. The van der Waals surface area contributed by atoms with Crippen LogP contribution in [0.2, 0.25) is 0 Å². The fraction of sp³-hybridized carbons (Fsp3) is 0.583. The van der Waals surface area contributed by atoms with Crippen LogP contribution in [0.15, 0.2) is 12.1 Å². The number of aromatic nitrogens is 1. The van der Waals surface area contributed by atoms with Gasteiger partial charge in [-0.2, -0.15) is 4.98 Å². The minimum Gasteiger partial charge on any atom is -0.481 e. The fourth-order valence-electron chi connectivity index (χ4n) is 1.33. The Morgan fingerprint density at radius 2 is 2.06 bits per heavy atom. The zero-order chi connectivity index (χ0) is 13.2. The summed E-state index contributed by atoms with van der Waals surface area (Å²) in [7, 11) is 3.23. The van der Waals surface area contributed by atoms with Gasteiger partial charge in [0.2, 0.25) is 5.88 Å². The summed E-state index contributed by atoms with van der Waals surface area (Å²) in [6, 6.07) is 3.50. The van der Waals surface area contributed by atoms with Crippen LogP contribution in [-0.4, -0.2) is 45.6 Å². The number of anilines is 2. The Morgan fingerprint density at radius 3 is 2.78 bits per heavy atom. The van der Waals surface area contributed by atoms with Crippen LogP contribution in [0.3, 0.4) is 0 Å². The predicted octanol–water partition coefficient (Wildman–Crippen LogP) is 1.14. The van der Waals surface area contributed by atoms with Crippen molar-refractivity contribution in [2.24, 2.45) is 0 Å². The van der Waals surface area contributed by atoms with Gasteiger partial charge in [-0.3, -0.25) is 0 Å². The lowest BCUT2D eigenvalue weighted by atomic mass is 10.3. The van der Waals surface area contributed by atoms with Gasteiger partial charge >= 0.3 is 0 Å². The molecule has 0 fully saturated rings. The second-order valence-electron chi connectivity index (χ2n) is 3.68. The van der Waals surface area contributed by atoms with Crippen LogP contribution in [0.1, 0.15) is 6.42 Å². The normalized spacial score (nSPS) is 10.3. The Labute approximate surface area is 107 Å². The van der Waals surface area contributed by atoms with E-state index in [1.54, 1.807) is 26.4 Å². The molecular formula is C12H21N3O3. The third kappa shape index (κ3) is 5.20. The first-order valence-electron chi connectivity index (χ1n) is 5.89. The summed E-state index contributed by atoms with van der Waals surface area (Å²) in [5.41, 5.74) is 6.40. The molecule has 102 valence electrons. The van der Waals surface area contributed by atoms with E-state index in [4.69, 9.17) is 19.9 Å². The van der Waals surface area contributed by atoms with Crippen molar-refractivity contribution in [1.29, 1.82) is 0 Å². The van der Waals surface area contributed by atoms with Crippen molar-refractivity contribution in [2.75, 3.05) is 51.6 Å². The van der Waals surface area contributed by atoms with Crippen LogP contribution in [-0.2, 0) is 9.47 Å². The first-order chi connectivity index (χ1) is 8.77. The number of ether oxygens (including phenoxy) is 3. The number of methoxy groups -OCH3 is 2. The largest absolute Gasteiger partial charge is 0.481 e. The van der Waals surface area contributed by atoms with Crippen LogP contribution in [0, 0.1) is 0 Å². The van der Waals surface area contributed by atoms with Crippen molar-refractivity contribution < 1.29 is 14.2 Å². The van der Waals surface area contributed by atoms with E-state index in [1.165, 1.54) is 0 Å². The molecule has 1 rings (SSSR count). The summed E-state index contributed by atoms with van der Waals surface area (Å²) in [5, 5.41) is 3.15. The summed E-state index contributed by atoms with van der Waals surface area (Å²) in [6.07, 6.45) is 0.877. The van der Waals surface area contributed by atoms with E-state index >= 15 is 0 Å². The molecule has 0 aliphatic heterocycles. The van der Waals surface area contributed by atoms with E-state index in [9.17, 15) is 0 Å². The molecule has 0 amide bonds. The molecule has 3 N–H and O–H groups in total. The second kappa shape index (κ2) is 8.54. The maximum absolute atomic E-state index is 5.80. The molecule has 1 aromatic heterocycles. The number of nitrogen functional groups attached to an aromatic ring is 1. The quantitative estimate of drug-likeness (QED) is 0.644. The highest BCUT2D eigenvalue weighted by Gasteiger charge is 2.02. The summed E-state index contributed by atoms with van der Waals surface area (Å²) in [4.78, 5) is 4.22. The molecule has 0 aliphatic rings. The summed E-state index contributed by atoms with van der Waals surface area (Å²) in [5.74, 6) is 1.19. The van der Waals surface area contributed by atoms with Crippen molar-refractivity contribution in [3.8, 4) is 5.88 Å². The minimum atomic E-state index is 0.544. The molecule has 0 aliphatic carbocycles. The average molecular weight is 255 g/mol. The Kier molecular flexibility index (Phi) is 6.90. The van der Waals surface area contributed by atoms with Gasteiger partial charge in [-0.15, -0.1) is 0 Å². The van der Waals surface area contributed by atoms with Crippen molar-refractivity contribution in [1.82, 2.24) is 4.98 Å². The van der Waals surface area contributed by atoms with Crippen molar-refractivity contribution in [3.63, 3.8) is 0 Å². The summed E-state index contributed by atoms with van der Waals surface area (Å²) >= 11 is 0. The molecule has 1 aromatic rings. The lowest BCUT2D eigenvalue weighted by Gasteiger charge is -2.09. The van der Waals surface area contributed by atoms with E-state index in [2.05, 4.69) is 10.3 Å². The van der Waals surface area contributed by atoms with Gasteiger partial charge in [-0.25, -0.2) is 0 Å². The van der Waals surface area contributed by atoms with E-state index in [-0.39, 0.29) is 0 Å². The molecule has 0 saturated heterocycles. The molecule has 0 aromatic carbocycles. The summed E-state index contributed by atoms with van der Waals surface area (Å²) < 4.78 is 15.3. The Hall–Kier alpha value is -1.53. The number of nitrogens with two attached hydrogens (primary N) is 1. The van der Waals surface area contributed by atoms with E-state index in [1.807, 2.05) is 0 Å². The molecule has 18 heavy (non-hydrogen) atoms. The molecule has 0 unspecified atom stereocenters. The molecule has 0 atom stereocenters. The summed E-state index contributed by atoms with van der Waals surface area (Å²) in [6.45, 7) is 2.67. The molecule has 0 spiro atoms. The second-order valence-corrected chi connectivity index (χ2v) is 3.68. The van der Waals surface area contributed by atoms with Gasteiger partial charge in [0.05, 0.1) is 26.0 Å². The lowest BCUT2D eigenvalue weighted by molar-refractivity contribution is 0.0705. The average Bonchev–Trinajstić information content (AvgIpc) is 2.39. The van der Waals surface area contributed by atoms with Crippen LogP contribution < -0.4 is 15.8 Å². The van der Waals surface area contributed by atoms with E-state index in [0.29, 0.717) is 37.2 Å². The third-order valence-electron chi connectivity index (χ3n) is 2.30. The van der Waals surface area contributed by atoms with Gasteiger partial charge in [-0.05, 0) is 12.5 Å². The Bertz CT molecular complexity index is 347. The van der Waals surface area contributed by atoms with Crippen LogP contribution >= 0.6 is 0 Å². The topological polar surface area (TPSA) is 78.6 Å². The Morgan fingerprint density at radius 1 is 1.22 bits per heavy atom. The van der Waals surface area contributed by atoms with Gasteiger partial charge in [0, 0.05) is 26.3 Å². The highest BCUT2D eigenvalue weighted by atomic mass is 16.5. The van der Waals surface area contributed by atoms with Crippen molar-refractivity contribution in [2.45, 2.75) is 6.42 Å². The number of hydrogen-bond donors (Lipinski definition) is 2. The fourth-order valence-corrected chi connectivity index (χ4v) is 1.33. The molecular weight excluding hydrogens is 234 g/mol. The minimum absolute atomic E-state index is 0.544. The number of pyridine rings is 1. The van der Waals surface area contributed by atoms with Gasteiger partial charge in [0.15, 0.2) is 5.82 Å². The number of hydrogen-bond acceptors (Lipinski definition) is 6. The van der Waals surface area contributed by atoms with Crippen LogP contribution in [0.5, 0.6) is 5.88 Å². The van der Waals surface area contributed by atoms with Crippen molar-refractivity contribution >= 4 is 11.5 Å². The van der Waals surface area contributed by atoms with Gasteiger partial charge in [-0.1, -0.05) is 0 Å². The lowest BCUT2D eigenvalue weighted by Crippen LogP contribution is -2.10. The van der Waals surface area contributed by atoms with Crippen LogP contribution in [0.4, 0.5) is 11.5 Å². The predicted molar refractivity (Wildman–Crippen MR) is 71.0 cm³/mol. The number of nitrogens with zero attached hydrogens (tertiary/aromatic N) is 1. The first-order valence-corrected chi connectivity index (χ1v) is 5.89. The van der Waals surface area contributed by atoms with Crippen LogP contribution in [0.25, 0.3) is 0 Å². The maximum Gasteiger partial charge on any atom is 0.215 e. The van der Waals surface area contributed by atoms with Crippen molar-refractivity contribution in [3.05, 3.63) is 12.1 Å². The number of rotatable bonds is 9. The SMILES string of the molecule is COCCOCCCNc1nc(OC)ccc1N. The molecule has 6 nitrogen and oxygen atoms in total. The highest BCUT2D eigenvalue weighted by molar-refractivity contribution is 5.61. The zero-order valence-corrected chi connectivity index (χ0v) is 10.9. The monoisotopic (exact) mass is 255 g/mol. The van der Waals surface area contributed by atoms with Gasteiger partial charge in [0.25, 0.3) is 0 Å². The van der Waals surface area contributed by atoms with Gasteiger partial charge in [0.1, 0.15) is 0 Å². The van der Waals surface area contributed by atoms with E-state index < -0.39 is 0 Å². The highest BCUT2D eigenvalue weighted by Crippen LogP contribution is 2.19. The Balaban J connectivity index is 2.22. The van der Waals surface area contributed by atoms with Gasteiger partial charge < -0.3 is 25.3 Å². The molecule has 1 heterocycles. The molecule has 0 radical (unpaired) electrons. The maximum atomic E-state index is 5.80. The number of nitrogens with one attached hydrogen (secondary N) is 1. The molecule has 0 saturated carbocycles. The standard InChI is InChI=1S/C12H21N3O3/c1-16-8-9-18-7-3-6-14-12-10(13)4-5-11(15-12)17-2/h4-5H,3,6-9,13H2,1-2H3,(H,14,15). The first kappa shape index (κ1) is 14.5. The molecule has 0 bridgehead atoms. The zero-order valence-electron chi connectivity index (χ0n) is 10.9. The molecule has 6 heteroatoms. The van der Waals surface area contributed by atoms with E-state index in [0.717, 1.165) is 13.0 Å². The third-order valence-corrected chi connectivity index (χ3v) is 2.30.